The molecule has 7 nitrogen and oxygen atoms in total. The van der Waals surface area contributed by atoms with Crippen LogP contribution in [0.3, 0.4) is 0 Å². The third-order valence-electron chi connectivity index (χ3n) is 2.89. The van der Waals surface area contributed by atoms with Crippen molar-refractivity contribution >= 4 is 11.6 Å². The van der Waals surface area contributed by atoms with Gasteiger partial charge in [-0.05, 0) is 0 Å². The summed E-state index contributed by atoms with van der Waals surface area (Å²) in [7, 11) is 5.30. The number of aryl methyl sites for hydroxylation is 1. The Balaban J connectivity index is 2.60. The van der Waals surface area contributed by atoms with Gasteiger partial charge < -0.3 is 9.80 Å². The van der Waals surface area contributed by atoms with Crippen molar-refractivity contribution in [1.82, 2.24) is 14.7 Å². The fourth-order valence-electron chi connectivity index (χ4n) is 1.57. The van der Waals surface area contributed by atoms with Crippen LogP contribution in [0.5, 0.6) is 0 Å². The summed E-state index contributed by atoms with van der Waals surface area (Å²) in [5.74, 6) is -0.106. The van der Waals surface area contributed by atoms with Crippen molar-refractivity contribution in [2.45, 2.75) is 19.4 Å². The molecule has 1 rings (SSSR count). The lowest BCUT2D eigenvalue weighted by Crippen LogP contribution is -2.31. The predicted octanol–water partition coefficient (Wildman–Crippen LogP) is 0.0715. The van der Waals surface area contributed by atoms with Crippen LogP contribution in [0, 0.1) is 11.3 Å². The monoisotopic (exact) mass is 277 g/mol. The molecule has 108 valence electrons. The highest BCUT2D eigenvalue weighted by Crippen LogP contribution is 2.03. The Morgan fingerprint density at radius 2 is 2.15 bits per heavy atom. The molecule has 0 spiro atoms. The van der Waals surface area contributed by atoms with E-state index in [2.05, 4.69) is 5.10 Å². The average Bonchev–Trinajstić information content (AvgIpc) is 2.42. The number of hydrogen-bond donors (Lipinski definition) is 0. The maximum Gasteiger partial charge on any atom is 0.268 e. The van der Waals surface area contributed by atoms with Gasteiger partial charge >= 0.3 is 0 Å². The minimum atomic E-state index is -0.233. The largest absolute Gasteiger partial charge is 0.376 e. The number of anilines is 1. The van der Waals surface area contributed by atoms with Gasteiger partial charge in [0, 0.05) is 40.2 Å². The smallest absolute Gasteiger partial charge is 0.268 e. The van der Waals surface area contributed by atoms with Crippen LogP contribution in [0.2, 0.25) is 0 Å². The van der Waals surface area contributed by atoms with Gasteiger partial charge in [0.25, 0.3) is 5.56 Å². The van der Waals surface area contributed by atoms with Crippen LogP contribution in [0.1, 0.15) is 12.8 Å². The molecule has 0 aliphatic carbocycles. The Morgan fingerprint density at radius 3 is 2.70 bits per heavy atom. The molecule has 0 saturated carbocycles. The van der Waals surface area contributed by atoms with Gasteiger partial charge in [-0.2, -0.15) is 10.4 Å². The van der Waals surface area contributed by atoms with Gasteiger partial charge in [-0.15, -0.1) is 0 Å². The van der Waals surface area contributed by atoms with Gasteiger partial charge in [-0.3, -0.25) is 9.59 Å². The van der Waals surface area contributed by atoms with Gasteiger partial charge in [-0.25, -0.2) is 4.68 Å². The molecular weight excluding hydrogens is 258 g/mol. The second-order valence-corrected chi connectivity index (χ2v) is 4.64. The quantitative estimate of drug-likeness (QED) is 0.735. The van der Waals surface area contributed by atoms with E-state index in [0.29, 0.717) is 13.0 Å². The van der Waals surface area contributed by atoms with Crippen LogP contribution in [0.25, 0.3) is 0 Å². The Hall–Kier alpha value is -2.36. The van der Waals surface area contributed by atoms with E-state index in [9.17, 15) is 9.59 Å². The highest BCUT2D eigenvalue weighted by atomic mass is 16.2. The summed E-state index contributed by atoms with van der Waals surface area (Å²) in [5, 5.41) is 12.5. The fraction of sp³-hybridized carbons (Fsp3) is 0.538. The van der Waals surface area contributed by atoms with E-state index >= 15 is 0 Å². The molecule has 0 unspecified atom stereocenters. The van der Waals surface area contributed by atoms with E-state index < -0.39 is 0 Å². The van der Waals surface area contributed by atoms with Gasteiger partial charge in [-0.1, -0.05) is 0 Å². The Labute approximate surface area is 118 Å². The third kappa shape index (κ3) is 4.39. The topological polar surface area (TPSA) is 82.2 Å². The first-order valence-electron chi connectivity index (χ1n) is 6.31. The molecule has 0 N–H and O–H groups in total. The van der Waals surface area contributed by atoms with E-state index in [0.717, 1.165) is 5.69 Å². The molecule has 1 aromatic heterocycles. The Bertz CT molecular complexity index is 559. The number of aromatic nitrogens is 2. The van der Waals surface area contributed by atoms with Crippen molar-refractivity contribution in [3.8, 4) is 6.07 Å². The molecule has 0 atom stereocenters. The zero-order chi connectivity index (χ0) is 15.1. The number of nitriles is 1. The van der Waals surface area contributed by atoms with E-state index in [1.807, 2.05) is 20.2 Å². The summed E-state index contributed by atoms with van der Waals surface area (Å²) in [5.41, 5.74) is 0.493. The molecule has 1 heterocycles. The molecule has 20 heavy (non-hydrogen) atoms. The first kappa shape index (κ1) is 15.7. The first-order chi connectivity index (χ1) is 9.45. The lowest BCUT2D eigenvalue weighted by molar-refractivity contribution is -0.130. The molecule has 0 aliphatic heterocycles. The molecule has 0 bridgehead atoms. The molecule has 0 aromatic carbocycles. The molecule has 0 radical (unpaired) electrons. The third-order valence-corrected chi connectivity index (χ3v) is 2.89. The number of hydrogen-bond acceptors (Lipinski definition) is 5. The Morgan fingerprint density at radius 1 is 1.45 bits per heavy atom. The van der Waals surface area contributed by atoms with E-state index in [1.165, 1.54) is 15.6 Å². The number of amides is 1. The molecule has 0 fully saturated rings. The summed E-state index contributed by atoms with van der Waals surface area (Å²) >= 11 is 0. The lowest BCUT2D eigenvalue weighted by atomic mass is 10.3. The van der Waals surface area contributed by atoms with Crippen LogP contribution < -0.4 is 10.5 Å². The highest BCUT2D eigenvalue weighted by Gasteiger charge is 2.09. The van der Waals surface area contributed by atoms with Gasteiger partial charge in [0.15, 0.2) is 0 Å². The highest BCUT2D eigenvalue weighted by molar-refractivity contribution is 5.75. The zero-order valence-electron chi connectivity index (χ0n) is 12.0. The molecule has 1 amide bonds. The summed E-state index contributed by atoms with van der Waals surface area (Å²) in [6.07, 6.45) is 2.08. The summed E-state index contributed by atoms with van der Waals surface area (Å²) in [6.45, 7) is 0.638. The van der Waals surface area contributed by atoms with Crippen LogP contribution in [-0.4, -0.2) is 48.3 Å². The van der Waals surface area contributed by atoms with Crippen LogP contribution in [0.4, 0.5) is 5.69 Å². The second kappa shape index (κ2) is 7.28. The van der Waals surface area contributed by atoms with Crippen molar-refractivity contribution in [2.24, 2.45) is 0 Å². The van der Waals surface area contributed by atoms with Crippen LogP contribution >= 0.6 is 0 Å². The van der Waals surface area contributed by atoms with Crippen molar-refractivity contribution in [3.05, 3.63) is 22.6 Å². The minimum Gasteiger partial charge on any atom is -0.376 e. The standard InChI is InChI=1S/C13H19N5O2/c1-16(2)11-9-13(20)18(15-10-11)8-5-12(19)17(3)7-4-6-14/h9-10H,4-5,7-8H2,1-3H3. The van der Waals surface area contributed by atoms with Crippen molar-refractivity contribution in [1.29, 1.82) is 5.26 Å². The van der Waals surface area contributed by atoms with Gasteiger partial charge in [0.1, 0.15) is 0 Å². The average molecular weight is 277 g/mol. The minimum absolute atomic E-state index is 0.106. The van der Waals surface area contributed by atoms with Gasteiger partial charge in [0.05, 0.1) is 30.9 Å². The molecule has 0 aliphatic rings. The molecule has 1 aromatic rings. The van der Waals surface area contributed by atoms with E-state index in [1.54, 1.807) is 18.1 Å². The SMILES string of the molecule is CN(CCC#N)C(=O)CCn1ncc(N(C)C)cc1=O. The predicted molar refractivity (Wildman–Crippen MR) is 75.3 cm³/mol. The summed E-state index contributed by atoms with van der Waals surface area (Å²) in [6, 6.07) is 3.47. The number of carbonyl (C=O) groups excluding carboxylic acids is 1. The second-order valence-electron chi connectivity index (χ2n) is 4.64. The number of rotatable bonds is 6. The Kier molecular flexibility index (Phi) is 5.72. The van der Waals surface area contributed by atoms with Gasteiger partial charge in [0.2, 0.25) is 5.91 Å². The number of nitrogens with zero attached hydrogens (tertiary/aromatic N) is 5. The maximum atomic E-state index is 11.8. The van der Waals surface area contributed by atoms with E-state index in [-0.39, 0.29) is 24.4 Å². The van der Waals surface area contributed by atoms with Crippen molar-refractivity contribution < 1.29 is 4.79 Å². The fourth-order valence-corrected chi connectivity index (χ4v) is 1.57. The summed E-state index contributed by atoms with van der Waals surface area (Å²) in [4.78, 5) is 26.9. The van der Waals surface area contributed by atoms with Crippen LogP contribution in [-0.2, 0) is 11.3 Å². The zero-order valence-corrected chi connectivity index (χ0v) is 12.0. The lowest BCUT2D eigenvalue weighted by Gasteiger charge is -2.16. The maximum absolute atomic E-state index is 11.8. The molecular formula is C13H19N5O2. The van der Waals surface area contributed by atoms with E-state index in [4.69, 9.17) is 5.26 Å². The molecule has 0 saturated heterocycles. The molecule has 7 heteroatoms. The normalized spacial score (nSPS) is 9.90. The van der Waals surface area contributed by atoms with Crippen LogP contribution in [0.15, 0.2) is 17.1 Å². The first-order valence-corrected chi connectivity index (χ1v) is 6.31. The summed E-state index contributed by atoms with van der Waals surface area (Å²) < 4.78 is 1.27. The van der Waals surface area contributed by atoms with Crippen molar-refractivity contribution in [2.75, 3.05) is 32.6 Å². The number of carbonyl (C=O) groups is 1. The van der Waals surface area contributed by atoms with Crippen molar-refractivity contribution in [3.63, 3.8) is 0 Å².